The third kappa shape index (κ3) is 3.61. The topological polar surface area (TPSA) is 29.3 Å². The predicted molar refractivity (Wildman–Crippen MR) is 78.1 cm³/mol. The first kappa shape index (κ1) is 14.1. The molecule has 1 fully saturated rings. The number of piperidine rings is 1. The molecule has 1 saturated heterocycles. The van der Waals surface area contributed by atoms with Crippen molar-refractivity contribution in [2.75, 3.05) is 13.1 Å². The highest BCUT2D eigenvalue weighted by Crippen LogP contribution is 2.25. The van der Waals surface area contributed by atoms with Gasteiger partial charge in [0, 0.05) is 35.7 Å². The Kier molecular flexibility index (Phi) is 4.91. The van der Waals surface area contributed by atoms with E-state index < -0.39 is 0 Å². The van der Waals surface area contributed by atoms with Gasteiger partial charge in [-0.25, -0.2) is 0 Å². The quantitative estimate of drug-likeness (QED) is 0.921. The van der Waals surface area contributed by atoms with E-state index in [-0.39, 0.29) is 6.04 Å². The molecule has 2 unspecified atom stereocenters. The molecule has 2 nitrogen and oxygen atoms in total. The third-order valence-corrected chi connectivity index (χ3v) is 4.22. The average molecular weight is 287 g/mol. The molecule has 2 N–H and O–H groups in total. The van der Waals surface area contributed by atoms with Crippen molar-refractivity contribution in [3.8, 4) is 0 Å². The Bertz CT molecular complexity index is 409. The summed E-state index contributed by atoms with van der Waals surface area (Å²) in [6.07, 6.45) is 2.33. The average Bonchev–Trinajstić information content (AvgIpc) is 2.32. The molecule has 1 heterocycles. The molecular formula is C14H20Cl2N2. The van der Waals surface area contributed by atoms with Gasteiger partial charge in [-0.15, -0.1) is 0 Å². The lowest BCUT2D eigenvalue weighted by molar-refractivity contribution is 0.147. The number of halogens is 2. The van der Waals surface area contributed by atoms with Gasteiger partial charge >= 0.3 is 0 Å². The lowest BCUT2D eigenvalue weighted by Gasteiger charge is -2.36. The summed E-state index contributed by atoms with van der Waals surface area (Å²) >= 11 is 12.1. The summed E-state index contributed by atoms with van der Waals surface area (Å²) in [6.45, 7) is 5.16. The van der Waals surface area contributed by atoms with E-state index in [4.69, 9.17) is 28.9 Å². The van der Waals surface area contributed by atoms with Gasteiger partial charge in [-0.2, -0.15) is 0 Å². The second kappa shape index (κ2) is 6.25. The Balaban J connectivity index is 2.04. The van der Waals surface area contributed by atoms with E-state index in [0.29, 0.717) is 10.9 Å². The number of rotatable bonds is 3. The molecule has 100 valence electrons. The van der Waals surface area contributed by atoms with Crippen molar-refractivity contribution >= 4 is 23.2 Å². The molecular weight excluding hydrogens is 267 g/mol. The van der Waals surface area contributed by atoms with Crippen LogP contribution in [0.3, 0.4) is 0 Å². The Morgan fingerprint density at radius 2 is 2.11 bits per heavy atom. The number of hydrogen-bond donors (Lipinski definition) is 1. The summed E-state index contributed by atoms with van der Waals surface area (Å²) in [5.74, 6) is 0.708. The summed E-state index contributed by atoms with van der Waals surface area (Å²) in [5, 5.41) is 1.43. The maximum Gasteiger partial charge on any atom is 0.0465 e. The Morgan fingerprint density at radius 1 is 1.33 bits per heavy atom. The molecule has 0 bridgehead atoms. The smallest absolute Gasteiger partial charge is 0.0465 e. The second-order valence-corrected chi connectivity index (χ2v) is 6.04. The molecule has 0 aliphatic carbocycles. The second-order valence-electron chi connectivity index (χ2n) is 5.20. The van der Waals surface area contributed by atoms with Crippen LogP contribution in [0.25, 0.3) is 0 Å². The first-order valence-electron chi connectivity index (χ1n) is 6.50. The van der Waals surface area contributed by atoms with Gasteiger partial charge in [0.25, 0.3) is 0 Å². The Hall–Kier alpha value is -0.280. The van der Waals surface area contributed by atoms with Crippen LogP contribution in [0, 0.1) is 5.92 Å². The van der Waals surface area contributed by atoms with Crippen LogP contribution < -0.4 is 5.73 Å². The van der Waals surface area contributed by atoms with Gasteiger partial charge in [0.2, 0.25) is 0 Å². The number of benzene rings is 1. The van der Waals surface area contributed by atoms with Crippen LogP contribution in [0.2, 0.25) is 10.0 Å². The maximum atomic E-state index is 6.21. The minimum atomic E-state index is 0.287. The first-order valence-corrected chi connectivity index (χ1v) is 7.26. The summed E-state index contributed by atoms with van der Waals surface area (Å²) in [7, 11) is 0. The highest BCUT2D eigenvalue weighted by molar-refractivity contribution is 6.35. The zero-order valence-corrected chi connectivity index (χ0v) is 12.2. The van der Waals surface area contributed by atoms with E-state index >= 15 is 0 Å². The lowest BCUT2D eigenvalue weighted by atomic mass is 9.92. The summed E-state index contributed by atoms with van der Waals surface area (Å²) in [6, 6.07) is 5.99. The zero-order valence-electron chi connectivity index (χ0n) is 10.7. The fraction of sp³-hybridized carbons (Fsp3) is 0.571. The van der Waals surface area contributed by atoms with Crippen LogP contribution in [0.4, 0.5) is 0 Å². The Labute approximate surface area is 119 Å². The molecule has 0 saturated carbocycles. The van der Waals surface area contributed by atoms with E-state index in [2.05, 4.69) is 11.8 Å². The van der Waals surface area contributed by atoms with Crippen LogP contribution in [-0.2, 0) is 6.54 Å². The molecule has 2 atom stereocenters. The number of hydrogen-bond acceptors (Lipinski definition) is 2. The molecule has 0 radical (unpaired) electrons. The zero-order chi connectivity index (χ0) is 13.1. The van der Waals surface area contributed by atoms with Crippen molar-refractivity contribution in [1.82, 2.24) is 4.90 Å². The van der Waals surface area contributed by atoms with E-state index in [0.717, 1.165) is 36.6 Å². The molecule has 1 aromatic carbocycles. The Morgan fingerprint density at radius 3 is 2.78 bits per heavy atom. The summed E-state index contributed by atoms with van der Waals surface area (Å²) < 4.78 is 0. The van der Waals surface area contributed by atoms with Crippen LogP contribution >= 0.6 is 23.2 Å². The van der Waals surface area contributed by atoms with Crippen molar-refractivity contribution < 1.29 is 0 Å². The molecule has 1 aliphatic heterocycles. The van der Waals surface area contributed by atoms with Gasteiger partial charge in [0.15, 0.2) is 0 Å². The van der Waals surface area contributed by atoms with Crippen LogP contribution in [0.1, 0.15) is 25.3 Å². The molecule has 0 spiro atoms. The lowest BCUT2D eigenvalue weighted by Crippen LogP contribution is -2.46. The minimum absolute atomic E-state index is 0.287. The van der Waals surface area contributed by atoms with Gasteiger partial charge in [0.05, 0.1) is 0 Å². The molecule has 18 heavy (non-hydrogen) atoms. The van der Waals surface area contributed by atoms with Crippen LogP contribution in [0.5, 0.6) is 0 Å². The molecule has 0 aromatic heterocycles. The van der Waals surface area contributed by atoms with Crippen molar-refractivity contribution in [2.45, 2.75) is 32.4 Å². The number of likely N-dealkylation sites (tertiary alicyclic amines) is 1. The highest BCUT2D eigenvalue weighted by Gasteiger charge is 2.24. The van der Waals surface area contributed by atoms with Crippen molar-refractivity contribution in [3.05, 3.63) is 33.8 Å². The SMILES string of the molecule is CCC1CC(N)CN(Cc2ccc(Cl)cc2Cl)C1. The normalized spacial score (nSPS) is 25.3. The minimum Gasteiger partial charge on any atom is -0.327 e. The summed E-state index contributed by atoms with van der Waals surface area (Å²) in [4.78, 5) is 2.40. The molecule has 1 aliphatic rings. The van der Waals surface area contributed by atoms with E-state index in [1.807, 2.05) is 12.1 Å². The monoisotopic (exact) mass is 286 g/mol. The first-order chi connectivity index (χ1) is 8.58. The van der Waals surface area contributed by atoms with Crippen molar-refractivity contribution in [2.24, 2.45) is 11.7 Å². The van der Waals surface area contributed by atoms with Gasteiger partial charge in [-0.3, -0.25) is 4.90 Å². The van der Waals surface area contributed by atoms with Crippen molar-refractivity contribution in [3.63, 3.8) is 0 Å². The number of nitrogens with zero attached hydrogens (tertiary/aromatic N) is 1. The fourth-order valence-corrected chi connectivity index (χ4v) is 3.13. The van der Waals surface area contributed by atoms with Crippen LogP contribution in [0.15, 0.2) is 18.2 Å². The van der Waals surface area contributed by atoms with E-state index in [1.165, 1.54) is 6.42 Å². The molecule has 1 aromatic rings. The van der Waals surface area contributed by atoms with Crippen molar-refractivity contribution in [1.29, 1.82) is 0 Å². The third-order valence-electron chi connectivity index (χ3n) is 3.63. The van der Waals surface area contributed by atoms with Gasteiger partial charge in [-0.05, 0) is 30.0 Å². The van der Waals surface area contributed by atoms with E-state index in [1.54, 1.807) is 6.07 Å². The molecule has 0 amide bonds. The van der Waals surface area contributed by atoms with Gasteiger partial charge in [-0.1, -0.05) is 42.6 Å². The fourth-order valence-electron chi connectivity index (χ4n) is 2.66. The number of nitrogens with two attached hydrogens (primary N) is 1. The van der Waals surface area contributed by atoms with E-state index in [9.17, 15) is 0 Å². The standard InChI is InChI=1S/C14H20Cl2N2/c1-2-10-5-13(17)9-18(7-10)8-11-3-4-12(15)6-14(11)16/h3-4,6,10,13H,2,5,7-9,17H2,1H3. The van der Waals surface area contributed by atoms with Gasteiger partial charge in [0.1, 0.15) is 0 Å². The highest BCUT2D eigenvalue weighted by atomic mass is 35.5. The maximum absolute atomic E-state index is 6.21. The molecule has 2 rings (SSSR count). The summed E-state index contributed by atoms with van der Waals surface area (Å²) in [5.41, 5.74) is 7.24. The molecule has 4 heteroatoms. The van der Waals surface area contributed by atoms with Gasteiger partial charge < -0.3 is 5.73 Å². The largest absolute Gasteiger partial charge is 0.327 e. The van der Waals surface area contributed by atoms with Crippen LogP contribution in [-0.4, -0.2) is 24.0 Å². The predicted octanol–water partition coefficient (Wildman–Crippen LogP) is 3.55.